The van der Waals surface area contributed by atoms with Crippen LogP contribution in [-0.2, 0) is 6.42 Å². The lowest BCUT2D eigenvalue weighted by atomic mass is 9.99. The minimum Gasteiger partial charge on any atom is -0.312 e. The minimum atomic E-state index is 0.205. The molecular formula is C18H32N2. The van der Waals surface area contributed by atoms with Gasteiger partial charge in [0.05, 0.1) is 0 Å². The summed E-state index contributed by atoms with van der Waals surface area (Å²) < 4.78 is 0. The van der Waals surface area contributed by atoms with Crippen LogP contribution in [0.5, 0.6) is 0 Å². The lowest BCUT2D eigenvalue weighted by Crippen LogP contribution is -2.44. The van der Waals surface area contributed by atoms with Crippen LogP contribution in [0.4, 0.5) is 0 Å². The quantitative estimate of drug-likeness (QED) is 0.819. The van der Waals surface area contributed by atoms with E-state index in [1.165, 1.54) is 5.56 Å². The van der Waals surface area contributed by atoms with Gasteiger partial charge in [0.2, 0.25) is 0 Å². The molecule has 0 spiro atoms. The molecule has 1 aromatic carbocycles. The van der Waals surface area contributed by atoms with E-state index in [0.29, 0.717) is 12.0 Å². The Kier molecular flexibility index (Phi) is 6.70. The zero-order valence-electron chi connectivity index (χ0n) is 14.1. The molecule has 2 atom stereocenters. The molecule has 0 aliphatic carbocycles. The third kappa shape index (κ3) is 6.53. The van der Waals surface area contributed by atoms with Crippen LogP contribution in [0.25, 0.3) is 0 Å². The Bertz CT molecular complexity index is 367. The predicted molar refractivity (Wildman–Crippen MR) is 89.2 cm³/mol. The van der Waals surface area contributed by atoms with Crippen molar-refractivity contribution in [2.45, 2.75) is 52.6 Å². The molecule has 0 saturated carbocycles. The van der Waals surface area contributed by atoms with Crippen molar-refractivity contribution in [1.29, 1.82) is 0 Å². The molecule has 2 nitrogen and oxygen atoms in total. The molecule has 0 fully saturated rings. The molecule has 0 amide bonds. The maximum atomic E-state index is 3.60. The number of hydrogen-bond donors (Lipinski definition) is 1. The van der Waals surface area contributed by atoms with Crippen molar-refractivity contribution in [1.82, 2.24) is 10.2 Å². The highest BCUT2D eigenvalue weighted by Crippen LogP contribution is 2.11. The third-order valence-corrected chi connectivity index (χ3v) is 4.07. The van der Waals surface area contributed by atoms with E-state index in [2.05, 4.69) is 82.2 Å². The van der Waals surface area contributed by atoms with E-state index >= 15 is 0 Å². The zero-order valence-corrected chi connectivity index (χ0v) is 14.1. The number of likely N-dealkylation sites (N-methyl/N-ethyl adjacent to an activating group) is 1. The molecule has 20 heavy (non-hydrogen) atoms. The van der Waals surface area contributed by atoms with Crippen LogP contribution in [0.1, 0.15) is 40.2 Å². The predicted octanol–water partition coefficient (Wildman–Crippen LogP) is 3.57. The summed E-state index contributed by atoms with van der Waals surface area (Å²) in [6, 6.07) is 11.3. The van der Waals surface area contributed by atoms with Crippen molar-refractivity contribution in [3.8, 4) is 0 Å². The molecule has 0 saturated heterocycles. The summed E-state index contributed by atoms with van der Waals surface area (Å²) in [7, 11) is 2.24. The van der Waals surface area contributed by atoms with Gasteiger partial charge in [-0.25, -0.2) is 0 Å². The smallest absolute Gasteiger partial charge is 0.0102 e. The Labute approximate surface area is 125 Å². The minimum absolute atomic E-state index is 0.205. The summed E-state index contributed by atoms with van der Waals surface area (Å²) >= 11 is 0. The summed E-state index contributed by atoms with van der Waals surface area (Å²) in [5.41, 5.74) is 1.63. The number of nitrogens with one attached hydrogen (secondary N) is 1. The molecule has 0 aliphatic rings. The van der Waals surface area contributed by atoms with Gasteiger partial charge in [-0.1, -0.05) is 37.3 Å². The van der Waals surface area contributed by atoms with Crippen LogP contribution in [0.3, 0.4) is 0 Å². The van der Waals surface area contributed by atoms with Gasteiger partial charge < -0.3 is 10.2 Å². The van der Waals surface area contributed by atoms with Gasteiger partial charge >= 0.3 is 0 Å². The van der Waals surface area contributed by atoms with Crippen LogP contribution < -0.4 is 5.32 Å². The highest BCUT2D eigenvalue weighted by molar-refractivity contribution is 5.14. The van der Waals surface area contributed by atoms with E-state index in [4.69, 9.17) is 0 Å². The van der Waals surface area contributed by atoms with Crippen molar-refractivity contribution in [3.05, 3.63) is 35.9 Å². The summed E-state index contributed by atoms with van der Waals surface area (Å²) in [5, 5.41) is 3.60. The summed E-state index contributed by atoms with van der Waals surface area (Å²) in [5.74, 6) is 0.648. The molecule has 2 heteroatoms. The van der Waals surface area contributed by atoms with E-state index in [1.54, 1.807) is 0 Å². The molecule has 0 aromatic heterocycles. The molecule has 0 bridgehead atoms. The largest absolute Gasteiger partial charge is 0.312 e. The van der Waals surface area contributed by atoms with Crippen molar-refractivity contribution in [3.63, 3.8) is 0 Å². The first-order valence-corrected chi connectivity index (χ1v) is 7.79. The Hall–Kier alpha value is -0.860. The van der Waals surface area contributed by atoms with Crippen LogP contribution >= 0.6 is 0 Å². The van der Waals surface area contributed by atoms with Gasteiger partial charge in [0.25, 0.3) is 0 Å². The summed E-state index contributed by atoms with van der Waals surface area (Å²) in [4.78, 5) is 2.47. The van der Waals surface area contributed by atoms with Crippen LogP contribution in [-0.4, -0.2) is 36.6 Å². The first-order chi connectivity index (χ1) is 9.29. The molecule has 114 valence electrons. The average Bonchev–Trinajstić information content (AvgIpc) is 2.41. The van der Waals surface area contributed by atoms with E-state index in [1.807, 2.05) is 0 Å². The second kappa shape index (κ2) is 7.80. The third-order valence-electron chi connectivity index (χ3n) is 4.07. The Morgan fingerprint density at radius 1 is 1.10 bits per heavy atom. The van der Waals surface area contributed by atoms with E-state index in [-0.39, 0.29) is 5.54 Å². The van der Waals surface area contributed by atoms with Crippen LogP contribution in [0.15, 0.2) is 30.3 Å². The number of nitrogens with zero attached hydrogens (tertiary/aromatic N) is 1. The second-order valence-corrected chi connectivity index (χ2v) is 7.06. The normalized spacial score (nSPS) is 15.3. The van der Waals surface area contributed by atoms with Gasteiger partial charge in [-0.05, 0) is 59.2 Å². The fourth-order valence-corrected chi connectivity index (χ4v) is 2.23. The SMILES string of the molecule is CC(CNC(C)(C)C)C(C)N(C)CCc1ccccc1. The maximum absolute atomic E-state index is 3.60. The number of benzene rings is 1. The summed E-state index contributed by atoms with van der Waals surface area (Å²) in [6.45, 7) is 13.5. The van der Waals surface area contributed by atoms with Crippen LogP contribution in [0.2, 0.25) is 0 Å². The first kappa shape index (κ1) is 17.2. The number of hydrogen-bond acceptors (Lipinski definition) is 2. The molecule has 0 aliphatic heterocycles. The van der Waals surface area contributed by atoms with E-state index in [9.17, 15) is 0 Å². The average molecular weight is 276 g/mol. The molecule has 1 rings (SSSR count). The molecular weight excluding hydrogens is 244 g/mol. The van der Waals surface area contributed by atoms with Crippen LogP contribution in [0, 0.1) is 5.92 Å². The van der Waals surface area contributed by atoms with Crippen molar-refractivity contribution in [2.24, 2.45) is 5.92 Å². The molecule has 1 N–H and O–H groups in total. The van der Waals surface area contributed by atoms with Gasteiger partial charge in [0.15, 0.2) is 0 Å². The van der Waals surface area contributed by atoms with Crippen molar-refractivity contribution >= 4 is 0 Å². The Morgan fingerprint density at radius 3 is 2.25 bits per heavy atom. The molecule has 1 aromatic rings. The lowest BCUT2D eigenvalue weighted by Gasteiger charge is -2.32. The Morgan fingerprint density at radius 2 is 1.70 bits per heavy atom. The molecule has 2 unspecified atom stereocenters. The highest BCUT2D eigenvalue weighted by Gasteiger charge is 2.19. The zero-order chi connectivity index (χ0) is 15.2. The topological polar surface area (TPSA) is 15.3 Å². The monoisotopic (exact) mass is 276 g/mol. The van der Waals surface area contributed by atoms with Crippen molar-refractivity contribution < 1.29 is 0 Å². The van der Waals surface area contributed by atoms with Gasteiger partial charge in [-0.15, -0.1) is 0 Å². The van der Waals surface area contributed by atoms with Gasteiger partial charge in [0.1, 0.15) is 0 Å². The van der Waals surface area contributed by atoms with E-state index in [0.717, 1.165) is 19.5 Å². The fraction of sp³-hybridized carbons (Fsp3) is 0.667. The molecule has 0 heterocycles. The summed E-state index contributed by atoms with van der Waals surface area (Å²) in [6.07, 6.45) is 1.13. The standard InChI is InChI=1S/C18H32N2/c1-15(14-19-18(3,4)5)16(2)20(6)13-12-17-10-8-7-9-11-17/h7-11,15-16,19H,12-14H2,1-6H3. The second-order valence-electron chi connectivity index (χ2n) is 7.06. The van der Waals surface area contributed by atoms with Crippen molar-refractivity contribution in [2.75, 3.05) is 20.1 Å². The van der Waals surface area contributed by atoms with Gasteiger partial charge in [-0.2, -0.15) is 0 Å². The van der Waals surface area contributed by atoms with E-state index < -0.39 is 0 Å². The lowest BCUT2D eigenvalue weighted by molar-refractivity contribution is 0.191. The fourth-order valence-electron chi connectivity index (χ4n) is 2.23. The molecule has 0 radical (unpaired) electrons. The highest BCUT2D eigenvalue weighted by atomic mass is 15.1. The Balaban J connectivity index is 2.36. The van der Waals surface area contributed by atoms with Gasteiger partial charge in [0, 0.05) is 18.1 Å². The first-order valence-electron chi connectivity index (χ1n) is 7.79. The van der Waals surface area contributed by atoms with Gasteiger partial charge in [-0.3, -0.25) is 0 Å². The maximum Gasteiger partial charge on any atom is 0.0102 e. The number of rotatable bonds is 7.